The second kappa shape index (κ2) is 8.67. The largest absolute Gasteiger partial charge is 0.322 e. The van der Waals surface area contributed by atoms with Crippen LogP contribution < -0.4 is 10.0 Å². The predicted octanol–water partition coefficient (Wildman–Crippen LogP) is 4.11. The van der Waals surface area contributed by atoms with E-state index in [1.807, 2.05) is 31.2 Å². The molecule has 2 aromatic rings. The zero-order chi connectivity index (χ0) is 19.3. The molecule has 144 valence electrons. The van der Waals surface area contributed by atoms with E-state index in [4.69, 9.17) is 0 Å². The van der Waals surface area contributed by atoms with Gasteiger partial charge in [0.15, 0.2) is 0 Å². The number of hydrogen-bond acceptors (Lipinski definition) is 3. The molecule has 0 radical (unpaired) electrons. The molecule has 2 N–H and O–H groups in total. The Bertz CT molecular complexity index is 903. The summed E-state index contributed by atoms with van der Waals surface area (Å²) in [6.07, 6.45) is 5.79. The van der Waals surface area contributed by atoms with Gasteiger partial charge in [-0.05, 0) is 49.1 Å². The molecule has 1 aliphatic carbocycles. The molecule has 1 fully saturated rings. The van der Waals surface area contributed by atoms with Crippen LogP contribution in [0.5, 0.6) is 0 Å². The number of carbonyl (C=O) groups is 1. The minimum absolute atomic E-state index is 0.0161. The van der Waals surface area contributed by atoms with Gasteiger partial charge in [0, 0.05) is 17.3 Å². The fourth-order valence-electron chi connectivity index (χ4n) is 3.46. The average Bonchev–Trinajstić information content (AvgIpc) is 2.69. The maximum Gasteiger partial charge on any atom is 0.255 e. The summed E-state index contributed by atoms with van der Waals surface area (Å²) in [6, 6.07) is 13.8. The Balaban J connectivity index is 1.77. The highest BCUT2D eigenvalue weighted by Crippen LogP contribution is 2.21. The van der Waals surface area contributed by atoms with Crippen molar-refractivity contribution in [1.82, 2.24) is 4.72 Å². The highest BCUT2D eigenvalue weighted by atomic mass is 32.2. The smallest absolute Gasteiger partial charge is 0.255 e. The van der Waals surface area contributed by atoms with Crippen LogP contribution in [0.15, 0.2) is 53.4 Å². The number of benzene rings is 2. The van der Waals surface area contributed by atoms with E-state index in [2.05, 4.69) is 10.0 Å². The lowest BCUT2D eigenvalue weighted by Gasteiger charge is -2.22. The third kappa shape index (κ3) is 4.96. The van der Waals surface area contributed by atoms with Crippen molar-refractivity contribution >= 4 is 21.6 Å². The van der Waals surface area contributed by atoms with Gasteiger partial charge >= 0.3 is 0 Å². The van der Waals surface area contributed by atoms with Crippen LogP contribution in [0.3, 0.4) is 0 Å². The number of aryl methyl sites for hydroxylation is 1. The van der Waals surface area contributed by atoms with Gasteiger partial charge in [-0.3, -0.25) is 4.79 Å². The summed E-state index contributed by atoms with van der Waals surface area (Å²) in [5.74, 6) is -0.314. The first kappa shape index (κ1) is 19.6. The van der Waals surface area contributed by atoms with E-state index in [1.54, 1.807) is 12.1 Å². The Morgan fingerprint density at radius 1 is 1.04 bits per heavy atom. The van der Waals surface area contributed by atoms with Gasteiger partial charge in [0.2, 0.25) is 10.0 Å². The number of anilines is 1. The monoisotopic (exact) mass is 386 g/mol. The quantitative estimate of drug-likeness (QED) is 0.784. The SMILES string of the molecule is CCc1ccccc1NC(=O)c1cccc(S(=O)(=O)NC2CCCCC2)c1. The first-order chi connectivity index (χ1) is 13.0. The lowest BCUT2D eigenvalue weighted by molar-refractivity contribution is 0.102. The molecule has 1 amide bonds. The molecule has 5 nitrogen and oxygen atoms in total. The van der Waals surface area contributed by atoms with E-state index < -0.39 is 10.0 Å². The minimum Gasteiger partial charge on any atom is -0.322 e. The standard InChI is InChI=1S/C21H26N2O3S/c1-2-16-9-6-7-14-20(16)22-21(24)17-10-8-13-19(15-17)27(25,26)23-18-11-4-3-5-12-18/h6-10,13-15,18,23H,2-5,11-12H2,1H3,(H,22,24). The van der Waals surface area contributed by atoms with Crippen molar-refractivity contribution in [2.24, 2.45) is 0 Å². The third-order valence-electron chi connectivity index (χ3n) is 4.98. The van der Waals surface area contributed by atoms with Crippen LogP contribution in [0, 0.1) is 0 Å². The molecule has 6 heteroatoms. The molecule has 1 aliphatic rings. The molecular formula is C21H26N2O3S. The van der Waals surface area contributed by atoms with E-state index in [0.29, 0.717) is 5.56 Å². The highest BCUT2D eigenvalue weighted by molar-refractivity contribution is 7.89. The summed E-state index contributed by atoms with van der Waals surface area (Å²) in [5, 5.41) is 2.88. The number of amides is 1. The van der Waals surface area contributed by atoms with Gasteiger partial charge in [0.25, 0.3) is 5.91 Å². The van der Waals surface area contributed by atoms with Crippen LogP contribution >= 0.6 is 0 Å². The lowest BCUT2D eigenvalue weighted by Crippen LogP contribution is -2.36. The molecule has 1 saturated carbocycles. The Labute approximate surface area is 161 Å². The van der Waals surface area contributed by atoms with Gasteiger partial charge in [-0.15, -0.1) is 0 Å². The average molecular weight is 387 g/mol. The van der Waals surface area contributed by atoms with Gasteiger partial charge in [0.05, 0.1) is 4.90 Å². The molecule has 2 aromatic carbocycles. The van der Waals surface area contributed by atoms with Crippen molar-refractivity contribution in [1.29, 1.82) is 0 Å². The number of rotatable bonds is 6. The van der Waals surface area contributed by atoms with E-state index >= 15 is 0 Å². The van der Waals surface area contributed by atoms with E-state index in [0.717, 1.165) is 49.8 Å². The predicted molar refractivity (Wildman–Crippen MR) is 107 cm³/mol. The summed E-state index contributed by atoms with van der Waals surface area (Å²) < 4.78 is 28.2. The number of nitrogens with one attached hydrogen (secondary N) is 2. The zero-order valence-electron chi connectivity index (χ0n) is 15.6. The van der Waals surface area contributed by atoms with E-state index in [-0.39, 0.29) is 16.8 Å². The molecule has 0 aliphatic heterocycles. The van der Waals surface area contributed by atoms with Crippen molar-refractivity contribution in [3.05, 3.63) is 59.7 Å². The van der Waals surface area contributed by atoms with Crippen molar-refractivity contribution in [2.45, 2.75) is 56.4 Å². The fourth-order valence-corrected chi connectivity index (χ4v) is 4.81. The van der Waals surface area contributed by atoms with E-state index in [9.17, 15) is 13.2 Å². The van der Waals surface area contributed by atoms with Gasteiger partial charge in [-0.2, -0.15) is 0 Å². The maximum atomic E-state index is 12.7. The summed E-state index contributed by atoms with van der Waals surface area (Å²) in [5.41, 5.74) is 2.11. The molecule has 0 saturated heterocycles. The van der Waals surface area contributed by atoms with Crippen LogP contribution in [0.1, 0.15) is 54.9 Å². The summed E-state index contributed by atoms with van der Waals surface area (Å²) in [6.45, 7) is 2.02. The van der Waals surface area contributed by atoms with Gasteiger partial charge in [0.1, 0.15) is 0 Å². The Morgan fingerprint density at radius 2 is 1.78 bits per heavy atom. The summed E-state index contributed by atoms with van der Waals surface area (Å²) >= 11 is 0. The number of sulfonamides is 1. The van der Waals surface area contributed by atoms with Crippen LogP contribution in [-0.4, -0.2) is 20.4 Å². The Morgan fingerprint density at radius 3 is 2.52 bits per heavy atom. The van der Waals surface area contributed by atoms with Gasteiger partial charge < -0.3 is 5.32 Å². The molecule has 0 aromatic heterocycles. The third-order valence-corrected chi connectivity index (χ3v) is 6.50. The van der Waals surface area contributed by atoms with Crippen molar-refractivity contribution in [3.63, 3.8) is 0 Å². The molecule has 0 spiro atoms. The van der Waals surface area contributed by atoms with Crippen LogP contribution in [0.25, 0.3) is 0 Å². The van der Waals surface area contributed by atoms with E-state index in [1.165, 1.54) is 12.1 Å². The topological polar surface area (TPSA) is 75.3 Å². The number of carbonyl (C=O) groups excluding carboxylic acids is 1. The van der Waals surface area contributed by atoms with Crippen LogP contribution in [0.4, 0.5) is 5.69 Å². The van der Waals surface area contributed by atoms with Crippen LogP contribution in [0.2, 0.25) is 0 Å². The van der Waals surface area contributed by atoms with Crippen molar-refractivity contribution < 1.29 is 13.2 Å². The molecule has 0 heterocycles. The molecule has 0 bridgehead atoms. The molecular weight excluding hydrogens is 360 g/mol. The first-order valence-corrected chi connectivity index (χ1v) is 11.0. The molecule has 27 heavy (non-hydrogen) atoms. The molecule has 3 rings (SSSR count). The molecule has 0 atom stereocenters. The van der Waals surface area contributed by atoms with Gasteiger partial charge in [-0.25, -0.2) is 13.1 Å². The Kier molecular flexibility index (Phi) is 6.29. The second-order valence-corrected chi connectivity index (χ2v) is 8.66. The van der Waals surface area contributed by atoms with Crippen molar-refractivity contribution in [3.8, 4) is 0 Å². The highest BCUT2D eigenvalue weighted by Gasteiger charge is 2.22. The number of hydrogen-bond donors (Lipinski definition) is 2. The van der Waals surface area contributed by atoms with Gasteiger partial charge in [-0.1, -0.05) is 50.5 Å². The van der Waals surface area contributed by atoms with Crippen molar-refractivity contribution in [2.75, 3.05) is 5.32 Å². The summed E-state index contributed by atoms with van der Waals surface area (Å²) in [7, 11) is -3.63. The first-order valence-electron chi connectivity index (χ1n) is 9.51. The summed E-state index contributed by atoms with van der Waals surface area (Å²) in [4.78, 5) is 12.8. The zero-order valence-corrected chi connectivity index (χ0v) is 16.4. The Hall–Kier alpha value is -2.18. The number of para-hydroxylation sites is 1. The second-order valence-electron chi connectivity index (χ2n) is 6.95. The lowest BCUT2D eigenvalue weighted by atomic mass is 9.96. The minimum atomic E-state index is -3.63. The fraction of sp³-hybridized carbons (Fsp3) is 0.381. The maximum absolute atomic E-state index is 12.7. The molecule has 0 unspecified atom stereocenters. The van der Waals surface area contributed by atoms with Crippen LogP contribution in [-0.2, 0) is 16.4 Å². The normalized spacial score (nSPS) is 15.4.